The Bertz CT molecular complexity index is 927. The molecule has 1 spiro atoms. The monoisotopic (exact) mass is 469 g/mol. The SMILES string of the molecule is CN(C)C1=NC2(CCC(C(C)(C)C)CC2)N(C(CCC(C)(C)C)c2ccc(C(=O)O)cc2)C1=O. The maximum absolute atomic E-state index is 13.9. The van der Waals surface area contributed by atoms with E-state index in [0.29, 0.717) is 11.8 Å². The standard InChI is InChI=1S/C28H43N3O3/c1-26(2,3)16-15-22(19-9-11-20(12-10-19)25(33)34)31-24(32)23(30(7)8)29-28(31)17-13-21(14-18-28)27(4,5)6/h9-12,21-22H,13-18H2,1-8H3,(H,33,34). The lowest BCUT2D eigenvalue weighted by molar-refractivity contribution is -0.134. The van der Waals surface area contributed by atoms with Gasteiger partial charge in [0.15, 0.2) is 5.84 Å². The second-order valence-corrected chi connectivity index (χ2v) is 12.7. The second-order valence-electron chi connectivity index (χ2n) is 12.7. The van der Waals surface area contributed by atoms with Crippen molar-refractivity contribution in [1.82, 2.24) is 9.80 Å². The van der Waals surface area contributed by atoms with Gasteiger partial charge in [-0.1, -0.05) is 53.7 Å². The number of carbonyl (C=O) groups excluding carboxylic acids is 1. The van der Waals surface area contributed by atoms with Crippen LogP contribution in [0.25, 0.3) is 0 Å². The predicted octanol–water partition coefficient (Wildman–Crippen LogP) is 5.99. The highest BCUT2D eigenvalue weighted by Gasteiger charge is 2.53. The number of aliphatic imine (C=N–C) groups is 1. The van der Waals surface area contributed by atoms with Gasteiger partial charge in [-0.25, -0.2) is 9.79 Å². The number of carboxylic acid groups (broad SMARTS) is 1. The van der Waals surface area contributed by atoms with Crippen molar-refractivity contribution in [3.63, 3.8) is 0 Å². The first-order chi connectivity index (χ1) is 15.6. The van der Waals surface area contributed by atoms with Crippen LogP contribution < -0.4 is 0 Å². The van der Waals surface area contributed by atoms with Gasteiger partial charge in [0.05, 0.1) is 11.6 Å². The lowest BCUT2D eigenvalue weighted by atomic mass is 9.69. The molecule has 2 aliphatic rings. The van der Waals surface area contributed by atoms with Crippen molar-refractivity contribution >= 4 is 17.7 Å². The van der Waals surface area contributed by atoms with Crippen molar-refractivity contribution in [2.45, 2.75) is 91.8 Å². The number of carboxylic acids is 1. The fraction of sp³-hybridized carbons (Fsp3) is 0.679. The molecule has 0 saturated heterocycles. The Hall–Kier alpha value is -2.37. The quantitative estimate of drug-likeness (QED) is 0.575. The average Bonchev–Trinajstić information content (AvgIpc) is 3.00. The van der Waals surface area contributed by atoms with E-state index in [-0.39, 0.29) is 28.3 Å². The van der Waals surface area contributed by atoms with Crippen LogP contribution in [0.4, 0.5) is 0 Å². The fourth-order valence-electron chi connectivity index (χ4n) is 5.48. The molecule has 3 rings (SSSR count). The minimum absolute atomic E-state index is 0.0135. The highest BCUT2D eigenvalue weighted by atomic mass is 16.4. The number of carbonyl (C=O) groups is 2. The van der Waals surface area contributed by atoms with Crippen LogP contribution in [0, 0.1) is 16.7 Å². The van der Waals surface area contributed by atoms with Gasteiger partial charge in [-0.05, 0) is 73.0 Å². The smallest absolute Gasteiger partial charge is 0.335 e. The molecule has 1 aromatic carbocycles. The van der Waals surface area contributed by atoms with Gasteiger partial charge in [-0.15, -0.1) is 0 Å². The Morgan fingerprint density at radius 2 is 1.68 bits per heavy atom. The van der Waals surface area contributed by atoms with Crippen LogP contribution >= 0.6 is 0 Å². The predicted molar refractivity (Wildman–Crippen MR) is 137 cm³/mol. The Kier molecular flexibility index (Phi) is 7.22. The van der Waals surface area contributed by atoms with E-state index in [2.05, 4.69) is 46.4 Å². The van der Waals surface area contributed by atoms with E-state index in [1.54, 1.807) is 12.1 Å². The van der Waals surface area contributed by atoms with Crippen LogP contribution in [0.2, 0.25) is 0 Å². The molecule has 1 aromatic rings. The first-order valence-electron chi connectivity index (χ1n) is 12.6. The van der Waals surface area contributed by atoms with Crippen LogP contribution in [0.1, 0.15) is 102 Å². The molecular weight excluding hydrogens is 426 g/mol. The largest absolute Gasteiger partial charge is 0.478 e. The highest BCUT2D eigenvalue weighted by molar-refractivity contribution is 6.39. The summed E-state index contributed by atoms with van der Waals surface area (Å²) < 4.78 is 0. The van der Waals surface area contributed by atoms with E-state index in [1.165, 1.54) is 0 Å². The lowest BCUT2D eigenvalue weighted by Gasteiger charge is -2.47. The third-order valence-electron chi connectivity index (χ3n) is 7.63. The van der Waals surface area contributed by atoms with Crippen LogP contribution in [0.15, 0.2) is 29.3 Å². The molecule has 0 aromatic heterocycles. The van der Waals surface area contributed by atoms with E-state index in [0.717, 1.165) is 44.1 Å². The zero-order chi connectivity index (χ0) is 25.5. The van der Waals surface area contributed by atoms with Gasteiger partial charge >= 0.3 is 5.97 Å². The van der Waals surface area contributed by atoms with Crippen molar-refractivity contribution in [3.8, 4) is 0 Å². The van der Waals surface area contributed by atoms with Crippen LogP contribution in [0.5, 0.6) is 0 Å². The highest BCUT2D eigenvalue weighted by Crippen LogP contribution is 2.50. The summed E-state index contributed by atoms with van der Waals surface area (Å²) in [5, 5.41) is 9.37. The molecule has 1 unspecified atom stereocenters. The molecule has 1 atom stereocenters. The summed E-state index contributed by atoms with van der Waals surface area (Å²) in [7, 11) is 3.78. The third kappa shape index (κ3) is 5.47. The summed E-state index contributed by atoms with van der Waals surface area (Å²) in [4.78, 5) is 34.3. The zero-order valence-corrected chi connectivity index (χ0v) is 22.3. The summed E-state index contributed by atoms with van der Waals surface area (Å²) in [6, 6.07) is 6.92. The summed E-state index contributed by atoms with van der Waals surface area (Å²) >= 11 is 0. The van der Waals surface area contributed by atoms with Crippen molar-refractivity contribution < 1.29 is 14.7 Å². The first kappa shape index (κ1) is 26.2. The third-order valence-corrected chi connectivity index (χ3v) is 7.63. The minimum atomic E-state index is -0.940. The molecule has 1 aliphatic heterocycles. The van der Waals surface area contributed by atoms with Crippen molar-refractivity contribution in [1.29, 1.82) is 0 Å². The van der Waals surface area contributed by atoms with Gasteiger partial charge < -0.3 is 14.9 Å². The average molecular weight is 470 g/mol. The summed E-state index contributed by atoms with van der Waals surface area (Å²) in [5.41, 5.74) is 1.06. The molecule has 1 aliphatic carbocycles. The van der Waals surface area contributed by atoms with E-state index < -0.39 is 11.6 Å². The first-order valence-corrected chi connectivity index (χ1v) is 12.6. The van der Waals surface area contributed by atoms with Crippen LogP contribution in [-0.4, -0.2) is 52.4 Å². The molecule has 1 saturated carbocycles. The topological polar surface area (TPSA) is 73.2 Å². The maximum atomic E-state index is 13.9. The van der Waals surface area contributed by atoms with Crippen LogP contribution in [-0.2, 0) is 4.79 Å². The molecule has 0 radical (unpaired) electrons. The van der Waals surface area contributed by atoms with Gasteiger partial charge in [0.25, 0.3) is 5.91 Å². The van der Waals surface area contributed by atoms with Gasteiger partial charge in [0.1, 0.15) is 5.66 Å². The molecule has 1 fully saturated rings. The number of likely N-dealkylation sites (N-methyl/N-ethyl adjacent to an activating group) is 1. The van der Waals surface area contributed by atoms with E-state index in [4.69, 9.17) is 4.99 Å². The number of amides is 1. The number of rotatable bonds is 5. The molecule has 0 bridgehead atoms. The Morgan fingerprint density at radius 1 is 1.12 bits per heavy atom. The zero-order valence-electron chi connectivity index (χ0n) is 22.3. The molecule has 1 heterocycles. The number of nitrogens with zero attached hydrogens (tertiary/aromatic N) is 3. The van der Waals surface area contributed by atoms with Crippen molar-refractivity contribution in [2.75, 3.05) is 14.1 Å². The number of amidine groups is 1. The van der Waals surface area contributed by atoms with E-state index in [9.17, 15) is 14.7 Å². The van der Waals surface area contributed by atoms with Gasteiger partial charge in [0, 0.05) is 14.1 Å². The minimum Gasteiger partial charge on any atom is -0.478 e. The summed E-state index contributed by atoms with van der Waals surface area (Å²) in [6.45, 7) is 13.6. The van der Waals surface area contributed by atoms with Crippen LogP contribution in [0.3, 0.4) is 0 Å². The summed E-state index contributed by atoms with van der Waals surface area (Å²) in [6.07, 6.45) is 5.56. The van der Waals surface area contributed by atoms with Crippen molar-refractivity contribution in [2.24, 2.45) is 21.7 Å². The van der Waals surface area contributed by atoms with E-state index >= 15 is 0 Å². The van der Waals surface area contributed by atoms with Gasteiger partial charge in [-0.3, -0.25) is 4.79 Å². The molecule has 34 heavy (non-hydrogen) atoms. The maximum Gasteiger partial charge on any atom is 0.335 e. The second kappa shape index (κ2) is 9.35. The number of aromatic carboxylic acids is 1. The molecular formula is C28H43N3O3. The number of hydrogen-bond donors (Lipinski definition) is 1. The summed E-state index contributed by atoms with van der Waals surface area (Å²) in [5.74, 6) is 0.180. The molecule has 1 N–H and O–H groups in total. The lowest BCUT2D eigenvalue weighted by Crippen LogP contribution is -2.52. The molecule has 188 valence electrons. The Morgan fingerprint density at radius 3 is 2.12 bits per heavy atom. The fourth-order valence-corrected chi connectivity index (χ4v) is 5.48. The van der Waals surface area contributed by atoms with Gasteiger partial charge in [0.2, 0.25) is 0 Å². The molecule has 6 heteroatoms. The van der Waals surface area contributed by atoms with Crippen molar-refractivity contribution in [3.05, 3.63) is 35.4 Å². The Balaban J connectivity index is 2.04. The molecule has 6 nitrogen and oxygen atoms in total. The normalized spacial score (nSPS) is 24.4. The number of hydrogen-bond acceptors (Lipinski definition) is 4. The Labute approximate surface area is 205 Å². The van der Waals surface area contributed by atoms with E-state index in [1.807, 2.05) is 31.1 Å². The number of benzene rings is 1. The molecule has 1 amide bonds. The van der Waals surface area contributed by atoms with Gasteiger partial charge in [-0.2, -0.15) is 0 Å².